The Morgan fingerprint density at radius 2 is 2.21 bits per heavy atom. The monoisotopic (exact) mass is 393 g/mol. The second kappa shape index (κ2) is 8.30. The van der Waals surface area contributed by atoms with E-state index in [0.717, 1.165) is 41.6 Å². The minimum absolute atomic E-state index is 0.0552. The third kappa shape index (κ3) is 4.06. The number of aryl methyl sites for hydroxylation is 1. The summed E-state index contributed by atoms with van der Waals surface area (Å²) in [6, 6.07) is 5.92. The van der Waals surface area contributed by atoms with Gasteiger partial charge in [0.2, 0.25) is 5.91 Å². The Morgan fingerprint density at radius 1 is 1.31 bits per heavy atom. The summed E-state index contributed by atoms with van der Waals surface area (Å²) in [7, 11) is 1.66. The van der Waals surface area contributed by atoms with Crippen LogP contribution >= 0.6 is 0 Å². The minimum atomic E-state index is -0.338. The number of amides is 2. The molecule has 0 aliphatic heterocycles. The molecular weight excluding hydrogens is 370 g/mol. The van der Waals surface area contributed by atoms with Gasteiger partial charge in [-0.15, -0.1) is 0 Å². The third-order valence-electron chi connectivity index (χ3n) is 5.18. The van der Waals surface area contributed by atoms with Gasteiger partial charge in [0, 0.05) is 42.0 Å². The fourth-order valence-electron chi connectivity index (χ4n) is 3.78. The number of fused-ring (bicyclic) bond motifs is 3. The van der Waals surface area contributed by atoms with E-state index in [0.29, 0.717) is 0 Å². The summed E-state index contributed by atoms with van der Waals surface area (Å²) in [6.07, 6.45) is 7.42. The molecule has 0 bridgehead atoms. The summed E-state index contributed by atoms with van der Waals surface area (Å²) in [4.78, 5) is 35.7. The van der Waals surface area contributed by atoms with E-state index in [2.05, 4.69) is 25.6 Å². The lowest BCUT2D eigenvalue weighted by Crippen LogP contribution is -2.34. The van der Waals surface area contributed by atoms with Crippen LogP contribution in [-0.2, 0) is 11.2 Å². The fourth-order valence-corrected chi connectivity index (χ4v) is 3.78. The van der Waals surface area contributed by atoms with Gasteiger partial charge in [0.1, 0.15) is 11.4 Å². The molecule has 4 rings (SSSR count). The number of nitrogens with one attached hydrogen (secondary N) is 3. The Morgan fingerprint density at radius 3 is 3.00 bits per heavy atom. The molecule has 29 heavy (non-hydrogen) atoms. The summed E-state index contributed by atoms with van der Waals surface area (Å²) < 4.78 is 5.34. The van der Waals surface area contributed by atoms with Crippen molar-refractivity contribution in [2.45, 2.75) is 31.7 Å². The van der Waals surface area contributed by atoms with Crippen LogP contribution in [0.2, 0.25) is 0 Å². The molecule has 1 aromatic carbocycles. The number of carbonyl (C=O) groups is 2. The quantitative estimate of drug-likeness (QED) is 0.595. The molecule has 150 valence electrons. The summed E-state index contributed by atoms with van der Waals surface area (Å²) in [5.41, 5.74) is 3.59. The molecule has 8 nitrogen and oxygen atoms in total. The summed E-state index contributed by atoms with van der Waals surface area (Å²) >= 11 is 0. The zero-order valence-corrected chi connectivity index (χ0v) is 16.2. The molecule has 0 saturated carbocycles. The Balaban J connectivity index is 1.38. The topological polar surface area (TPSA) is 109 Å². The molecule has 1 aliphatic rings. The zero-order valence-electron chi connectivity index (χ0n) is 16.2. The first-order chi connectivity index (χ1) is 14.2. The van der Waals surface area contributed by atoms with E-state index in [1.54, 1.807) is 7.11 Å². The van der Waals surface area contributed by atoms with E-state index in [1.807, 2.05) is 18.2 Å². The molecule has 3 N–H and O–H groups in total. The van der Waals surface area contributed by atoms with Crippen LogP contribution in [0.15, 0.2) is 36.8 Å². The van der Waals surface area contributed by atoms with Crippen molar-refractivity contribution in [3.63, 3.8) is 0 Å². The summed E-state index contributed by atoms with van der Waals surface area (Å²) in [5, 5.41) is 6.94. The largest absolute Gasteiger partial charge is 0.497 e. The van der Waals surface area contributed by atoms with Crippen LogP contribution in [-0.4, -0.2) is 40.4 Å². The van der Waals surface area contributed by atoms with Crippen molar-refractivity contribution in [1.29, 1.82) is 0 Å². The first-order valence-corrected chi connectivity index (χ1v) is 9.68. The summed E-state index contributed by atoms with van der Waals surface area (Å²) in [5.74, 6) is 0.387. The van der Waals surface area contributed by atoms with Gasteiger partial charge in [0.25, 0.3) is 5.91 Å². The number of hydrogen-bond acceptors (Lipinski definition) is 5. The number of H-pyrrole nitrogens is 1. The van der Waals surface area contributed by atoms with Crippen LogP contribution in [0.25, 0.3) is 10.9 Å². The van der Waals surface area contributed by atoms with Crippen LogP contribution in [0.1, 0.15) is 47.1 Å². The molecule has 2 aromatic heterocycles. The lowest BCUT2D eigenvalue weighted by atomic mass is 9.91. The number of hydrogen-bond donors (Lipinski definition) is 3. The SMILES string of the molecule is COc1ccc2[nH]c3c(c2c1)CCC[C@@H]3NC(=O)CCNC(=O)c1cnccn1. The summed E-state index contributed by atoms with van der Waals surface area (Å²) in [6.45, 7) is 0.241. The number of aromatic amines is 1. The number of rotatable bonds is 6. The molecule has 0 unspecified atom stereocenters. The normalized spacial score (nSPS) is 15.6. The Kier molecular flexibility index (Phi) is 5.41. The number of methoxy groups -OCH3 is 1. The average molecular weight is 393 g/mol. The molecule has 1 aliphatic carbocycles. The molecule has 2 heterocycles. The molecular formula is C21H23N5O3. The predicted octanol–water partition coefficient (Wildman–Crippen LogP) is 2.28. The van der Waals surface area contributed by atoms with Crippen LogP contribution < -0.4 is 15.4 Å². The lowest BCUT2D eigenvalue weighted by molar-refractivity contribution is -0.121. The maximum Gasteiger partial charge on any atom is 0.271 e. The van der Waals surface area contributed by atoms with Crippen molar-refractivity contribution in [1.82, 2.24) is 25.6 Å². The first-order valence-electron chi connectivity index (χ1n) is 9.68. The first kappa shape index (κ1) is 18.9. The van der Waals surface area contributed by atoms with E-state index in [4.69, 9.17) is 4.74 Å². The molecule has 0 radical (unpaired) electrons. The Hall–Kier alpha value is -3.42. The van der Waals surface area contributed by atoms with Gasteiger partial charge in [-0.05, 0) is 43.0 Å². The maximum atomic E-state index is 12.4. The van der Waals surface area contributed by atoms with E-state index >= 15 is 0 Å². The lowest BCUT2D eigenvalue weighted by Gasteiger charge is -2.24. The average Bonchev–Trinajstić information content (AvgIpc) is 3.13. The minimum Gasteiger partial charge on any atom is -0.497 e. The highest BCUT2D eigenvalue weighted by molar-refractivity contribution is 5.92. The second-order valence-corrected chi connectivity index (χ2v) is 7.04. The molecule has 3 aromatic rings. The molecule has 8 heteroatoms. The fraction of sp³-hybridized carbons (Fsp3) is 0.333. The van der Waals surface area contributed by atoms with Crippen LogP contribution in [0, 0.1) is 0 Å². The smallest absolute Gasteiger partial charge is 0.271 e. The van der Waals surface area contributed by atoms with Crippen LogP contribution in [0.4, 0.5) is 0 Å². The van der Waals surface area contributed by atoms with E-state index < -0.39 is 0 Å². The van der Waals surface area contributed by atoms with Gasteiger partial charge in [0.05, 0.1) is 19.3 Å². The molecule has 1 atom stereocenters. The van der Waals surface area contributed by atoms with Gasteiger partial charge in [-0.3, -0.25) is 14.6 Å². The number of ether oxygens (including phenoxy) is 1. The Labute approximate surface area is 168 Å². The van der Waals surface area contributed by atoms with Crippen LogP contribution in [0.5, 0.6) is 5.75 Å². The molecule has 2 amide bonds. The van der Waals surface area contributed by atoms with Crippen molar-refractivity contribution in [3.05, 3.63) is 53.7 Å². The molecule has 0 fully saturated rings. The van der Waals surface area contributed by atoms with E-state index in [9.17, 15) is 9.59 Å². The van der Waals surface area contributed by atoms with Crippen molar-refractivity contribution in [3.8, 4) is 5.75 Å². The van der Waals surface area contributed by atoms with Gasteiger partial charge in [-0.25, -0.2) is 4.98 Å². The number of aromatic nitrogens is 3. The van der Waals surface area contributed by atoms with Gasteiger partial charge in [-0.1, -0.05) is 0 Å². The van der Waals surface area contributed by atoms with Crippen molar-refractivity contribution < 1.29 is 14.3 Å². The van der Waals surface area contributed by atoms with E-state index in [1.165, 1.54) is 24.2 Å². The Bertz CT molecular complexity index is 1030. The van der Waals surface area contributed by atoms with Crippen molar-refractivity contribution in [2.24, 2.45) is 0 Å². The number of benzene rings is 1. The third-order valence-corrected chi connectivity index (χ3v) is 5.18. The molecule has 0 saturated heterocycles. The maximum absolute atomic E-state index is 12.4. The van der Waals surface area contributed by atoms with Gasteiger partial charge < -0.3 is 20.4 Å². The van der Waals surface area contributed by atoms with Gasteiger partial charge in [0.15, 0.2) is 0 Å². The van der Waals surface area contributed by atoms with Gasteiger partial charge >= 0.3 is 0 Å². The molecule has 0 spiro atoms. The number of nitrogens with zero attached hydrogens (tertiary/aromatic N) is 2. The van der Waals surface area contributed by atoms with Gasteiger partial charge in [-0.2, -0.15) is 0 Å². The van der Waals surface area contributed by atoms with Crippen molar-refractivity contribution in [2.75, 3.05) is 13.7 Å². The van der Waals surface area contributed by atoms with E-state index in [-0.39, 0.29) is 36.5 Å². The zero-order chi connectivity index (χ0) is 20.2. The highest BCUT2D eigenvalue weighted by Crippen LogP contribution is 2.36. The van der Waals surface area contributed by atoms with Crippen LogP contribution in [0.3, 0.4) is 0 Å². The predicted molar refractivity (Wildman–Crippen MR) is 108 cm³/mol. The highest BCUT2D eigenvalue weighted by atomic mass is 16.5. The number of carbonyl (C=O) groups excluding carboxylic acids is 2. The standard InChI is InChI=1S/C21H23N5O3/c1-29-13-5-6-16-15(11-13)14-3-2-4-17(20(14)26-16)25-19(27)7-8-24-21(28)18-12-22-9-10-23-18/h5-6,9-12,17,26H,2-4,7-8H2,1H3,(H,24,28)(H,25,27)/t17-/m0/s1. The second-order valence-electron chi connectivity index (χ2n) is 7.04. The highest BCUT2D eigenvalue weighted by Gasteiger charge is 2.25. The van der Waals surface area contributed by atoms with Crippen molar-refractivity contribution >= 4 is 22.7 Å².